The van der Waals surface area contributed by atoms with Gasteiger partial charge in [-0.25, -0.2) is 9.97 Å². The Morgan fingerprint density at radius 1 is 1.05 bits per heavy atom. The first-order valence-electron chi connectivity index (χ1n) is 7.11. The Balaban J connectivity index is 2.33. The summed E-state index contributed by atoms with van der Waals surface area (Å²) in [5.74, 6) is 0.842. The van der Waals surface area contributed by atoms with Gasteiger partial charge < -0.3 is 5.32 Å². The molecule has 3 heteroatoms. The molecule has 1 heterocycles. The minimum atomic E-state index is 0.436. The van der Waals surface area contributed by atoms with E-state index in [4.69, 9.17) is 0 Å². The fourth-order valence-corrected chi connectivity index (χ4v) is 2.17. The van der Waals surface area contributed by atoms with Crippen LogP contribution in [0.5, 0.6) is 0 Å². The van der Waals surface area contributed by atoms with Crippen LogP contribution >= 0.6 is 0 Å². The van der Waals surface area contributed by atoms with Gasteiger partial charge in [0.2, 0.25) is 0 Å². The van der Waals surface area contributed by atoms with Gasteiger partial charge in [0.25, 0.3) is 0 Å². The van der Waals surface area contributed by atoms with Crippen LogP contribution in [0.2, 0.25) is 0 Å². The molecule has 0 bridgehead atoms. The first-order valence-corrected chi connectivity index (χ1v) is 7.11. The number of rotatable bonds is 4. The van der Waals surface area contributed by atoms with Crippen molar-refractivity contribution in [2.45, 2.75) is 47.2 Å². The van der Waals surface area contributed by atoms with Crippen molar-refractivity contribution in [3.05, 3.63) is 46.9 Å². The SMILES string of the molecule is Cc1cc(C)c(-c2ccnc(CNC(C)C)n2)cc1C. The monoisotopic (exact) mass is 269 g/mol. The van der Waals surface area contributed by atoms with Gasteiger partial charge in [0, 0.05) is 17.8 Å². The third kappa shape index (κ3) is 3.42. The van der Waals surface area contributed by atoms with E-state index in [0.717, 1.165) is 11.5 Å². The van der Waals surface area contributed by atoms with Gasteiger partial charge in [-0.15, -0.1) is 0 Å². The van der Waals surface area contributed by atoms with Crippen molar-refractivity contribution in [2.75, 3.05) is 0 Å². The molecule has 106 valence electrons. The largest absolute Gasteiger partial charge is 0.308 e. The van der Waals surface area contributed by atoms with Crippen molar-refractivity contribution in [1.82, 2.24) is 15.3 Å². The highest BCUT2D eigenvalue weighted by molar-refractivity contribution is 5.65. The molecular weight excluding hydrogens is 246 g/mol. The summed E-state index contributed by atoms with van der Waals surface area (Å²) in [5, 5.41) is 3.35. The minimum Gasteiger partial charge on any atom is -0.308 e. The second-order valence-electron chi connectivity index (χ2n) is 5.65. The molecular formula is C17H23N3. The van der Waals surface area contributed by atoms with Crippen LogP contribution in [0.4, 0.5) is 0 Å². The van der Waals surface area contributed by atoms with Crippen LogP contribution in [0.15, 0.2) is 24.4 Å². The number of benzene rings is 1. The summed E-state index contributed by atoms with van der Waals surface area (Å²) < 4.78 is 0. The third-order valence-corrected chi connectivity index (χ3v) is 3.49. The lowest BCUT2D eigenvalue weighted by molar-refractivity contribution is 0.572. The summed E-state index contributed by atoms with van der Waals surface area (Å²) >= 11 is 0. The highest BCUT2D eigenvalue weighted by atomic mass is 15.0. The Kier molecular flexibility index (Phi) is 4.50. The van der Waals surface area contributed by atoms with Crippen molar-refractivity contribution in [3.8, 4) is 11.3 Å². The topological polar surface area (TPSA) is 37.8 Å². The van der Waals surface area contributed by atoms with Gasteiger partial charge in [0.15, 0.2) is 0 Å². The zero-order chi connectivity index (χ0) is 14.7. The molecule has 0 unspecified atom stereocenters. The molecule has 0 atom stereocenters. The van der Waals surface area contributed by atoms with E-state index in [1.54, 1.807) is 0 Å². The van der Waals surface area contributed by atoms with Crippen LogP contribution in [0, 0.1) is 20.8 Å². The van der Waals surface area contributed by atoms with Gasteiger partial charge in [0.05, 0.1) is 12.2 Å². The van der Waals surface area contributed by atoms with Crippen molar-refractivity contribution < 1.29 is 0 Å². The van der Waals surface area contributed by atoms with E-state index >= 15 is 0 Å². The lowest BCUT2D eigenvalue weighted by Crippen LogP contribution is -2.23. The first kappa shape index (κ1) is 14.7. The van der Waals surface area contributed by atoms with Crippen LogP contribution in [0.25, 0.3) is 11.3 Å². The highest BCUT2D eigenvalue weighted by Gasteiger charge is 2.07. The Labute approximate surface area is 121 Å². The molecule has 0 aliphatic heterocycles. The maximum Gasteiger partial charge on any atom is 0.142 e. The smallest absolute Gasteiger partial charge is 0.142 e. The van der Waals surface area contributed by atoms with Gasteiger partial charge in [0.1, 0.15) is 5.82 Å². The number of nitrogens with zero attached hydrogens (tertiary/aromatic N) is 2. The first-order chi connectivity index (χ1) is 9.47. The quantitative estimate of drug-likeness (QED) is 0.922. The Morgan fingerprint density at radius 3 is 2.45 bits per heavy atom. The summed E-state index contributed by atoms with van der Waals surface area (Å²) in [5.41, 5.74) is 6.07. The summed E-state index contributed by atoms with van der Waals surface area (Å²) in [4.78, 5) is 9.01. The normalized spacial score (nSPS) is 11.1. The summed E-state index contributed by atoms with van der Waals surface area (Å²) in [6, 6.07) is 6.85. The van der Waals surface area contributed by atoms with Crippen molar-refractivity contribution >= 4 is 0 Å². The molecule has 2 rings (SSSR count). The molecule has 3 nitrogen and oxygen atoms in total. The maximum atomic E-state index is 4.67. The Bertz CT molecular complexity index is 603. The molecule has 0 fully saturated rings. The molecule has 0 saturated carbocycles. The average molecular weight is 269 g/mol. The van der Waals surface area contributed by atoms with E-state index < -0.39 is 0 Å². The lowest BCUT2D eigenvalue weighted by Gasteiger charge is -2.11. The predicted molar refractivity (Wildman–Crippen MR) is 83.7 cm³/mol. The molecule has 0 amide bonds. The van der Waals surface area contributed by atoms with Gasteiger partial charge >= 0.3 is 0 Å². The van der Waals surface area contributed by atoms with E-state index in [1.807, 2.05) is 12.3 Å². The van der Waals surface area contributed by atoms with E-state index in [9.17, 15) is 0 Å². The standard InChI is InChI=1S/C17H23N3/c1-11(2)19-10-17-18-7-6-16(20-17)15-9-13(4)12(3)8-14(15)5/h6-9,11,19H,10H2,1-5H3. The molecule has 0 aliphatic carbocycles. The summed E-state index contributed by atoms with van der Waals surface area (Å²) in [6.07, 6.45) is 1.84. The number of hydrogen-bond donors (Lipinski definition) is 1. The molecule has 2 aromatic rings. The van der Waals surface area contributed by atoms with Crippen molar-refractivity contribution in [1.29, 1.82) is 0 Å². The molecule has 1 aromatic carbocycles. The molecule has 0 radical (unpaired) electrons. The van der Waals surface area contributed by atoms with E-state index in [2.05, 4.69) is 62.0 Å². The molecule has 0 saturated heterocycles. The zero-order valence-corrected chi connectivity index (χ0v) is 13.0. The third-order valence-electron chi connectivity index (χ3n) is 3.49. The fraction of sp³-hybridized carbons (Fsp3) is 0.412. The lowest BCUT2D eigenvalue weighted by atomic mass is 9.99. The predicted octanol–water partition coefficient (Wildman–Crippen LogP) is 3.57. The van der Waals surface area contributed by atoms with Crippen LogP contribution in [-0.4, -0.2) is 16.0 Å². The number of nitrogens with one attached hydrogen (secondary N) is 1. The van der Waals surface area contributed by atoms with Gasteiger partial charge in [-0.3, -0.25) is 0 Å². The van der Waals surface area contributed by atoms with Crippen molar-refractivity contribution in [3.63, 3.8) is 0 Å². The van der Waals surface area contributed by atoms with E-state index in [0.29, 0.717) is 12.6 Å². The van der Waals surface area contributed by atoms with E-state index in [1.165, 1.54) is 22.3 Å². The molecule has 0 aliphatic rings. The molecule has 1 aromatic heterocycles. The Hall–Kier alpha value is -1.74. The van der Waals surface area contributed by atoms with Crippen LogP contribution in [0.3, 0.4) is 0 Å². The highest BCUT2D eigenvalue weighted by Crippen LogP contribution is 2.24. The second kappa shape index (κ2) is 6.14. The van der Waals surface area contributed by atoms with Crippen LogP contribution in [-0.2, 0) is 6.54 Å². The van der Waals surface area contributed by atoms with E-state index in [-0.39, 0.29) is 0 Å². The minimum absolute atomic E-state index is 0.436. The zero-order valence-electron chi connectivity index (χ0n) is 13.0. The van der Waals surface area contributed by atoms with Crippen LogP contribution < -0.4 is 5.32 Å². The maximum absolute atomic E-state index is 4.67. The summed E-state index contributed by atoms with van der Waals surface area (Å²) in [7, 11) is 0. The summed E-state index contributed by atoms with van der Waals surface area (Å²) in [6.45, 7) is 11.4. The Morgan fingerprint density at radius 2 is 1.75 bits per heavy atom. The van der Waals surface area contributed by atoms with Gasteiger partial charge in [-0.2, -0.15) is 0 Å². The number of aryl methyl sites for hydroxylation is 3. The number of aromatic nitrogens is 2. The van der Waals surface area contributed by atoms with Crippen LogP contribution in [0.1, 0.15) is 36.4 Å². The van der Waals surface area contributed by atoms with Crippen molar-refractivity contribution in [2.24, 2.45) is 0 Å². The average Bonchev–Trinajstić information content (AvgIpc) is 2.41. The van der Waals surface area contributed by atoms with Gasteiger partial charge in [-0.05, 0) is 49.6 Å². The molecule has 0 spiro atoms. The molecule has 1 N–H and O–H groups in total. The fourth-order valence-electron chi connectivity index (χ4n) is 2.17. The molecule has 20 heavy (non-hydrogen) atoms. The number of hydrogen-bond acceptors (Lipinski definition) is 3. The van der Waals surface area contributed by atoms with Gasteiger partial charge in [-0.1, -0.05) is 19.9 Å². The second-order valence-corrected chi connectivity index (χ2v) is 5.65.